The molecule has 0 bridgehead atoms. The zero-order chi connectivity index (χ0) is 14.5. The molecule has 1 aliphatic heterocycles. The highest BCUT2D eigenvalue weighted by Crippen LogP contribution is 2.21. The lowest BCUT2D eigenvalue weighted by Gasteiger charge is -2.34. The van der Waals surface area contributed by atoms with Crippen LogP contribution in [0.1, 0.15) is 43.5 Å². The first-order valence-corrected chi connectivity index (χ1v) is 7.30. The first-order chi connectivity index (χ1) is 9.61. The third-order valence-corrected chi connectivity index (χ3v) is 3.55. The quantitative estimate of drug-likeness (QED) is 0.919. The van der Waals surface area contributed by atoms with Gasteiger partial charge < -0.3 is 14.7 Å². The van der Waals surface area contributed by atoms with Crippen molar-refractivity contribution in [2.75, 3.05) is 13.2 Å². The second-order valence-corrected chi connectivity index (χ2v) is 5.53. The van der Waals surface area contributed by atoms with Gasteiger partial charge in [-0.05, 0) is 51.3 Å². The van der Waals surface area contributed by atoms with Crippen LogP contribution in [0.5, 0.6) is 5.75 Å². The van der Waals surface area contributed by atoms with Gasteiger partial charge in [0.05, 0.1) is 18.8 Å². The normalized spacial score (nSPS) is 19.2. The van der Waals surface area contributed by atoms with Gasteiger partial charge in [-0.25, -0.2) is 0 Å². The van der Waals surface area contributed by atoms with E-state index in [2.05, 4.69) is 0 Å². The Bertz CT molecular complexity index is 459. The van der Waals surface area contributed by atoms with Gasteiger partial charge in [-0.2, -0.15) is 0 Å². The second-order valence-electron chi connectivity index (χ2n) is 5.53. The minimum atomic E-state index is -0.0501. The number of hydrogen-bond acceptors (Lipinski definition) is 3. The van der Waals surface area contributed by atoms with E-state index >= 15 is 0 Å². The SMILES string of the molecule is CC(C)Oc1cccc(C(=O)N2CCCCC2CO)c1. The predicted molar refractivity (Wildman–Crippen MR) is 78.0 cm³/mol. The molecule has 1 amide bonds. The molecule has 1 fully saturated rings. The van der Waals surface area contributed by atoms with Crippen LogP contribution in [-0.4, -0.2) is 41.2 Å². The van der Waals surface area contributed by atoms with E-state index in [4.69, 9.17) is 4.74 Å². The standard InChI is InChI=1S/C16H23NO3/c1-12(2)20-15-8-5-6-13(10-15)16(19)17-9-4-3-7-14(17)11-18/h5-6,8,10,12,14,18H,3-4,7,9,11H2,1-2H3. The van der Waals surface area contributed by atoms with Crippen LogP contribution in [0.2, 0.25) is 0 Å². The number of carbonyl (C=O) groups is 1. The summed E-state index contributed by atoms with van der Waals surface area (Å²) in [4.78, 5) is 14.4. The van der Waals surface area contributed by atoms with Gasteiger partial charge in [0.2, 0.25) is 0 Å². The fourth-order valence-corrected chi connectivity index (χ4v) is 2.60. The van der Waals surface area contributed by atoms with Crippen LogP contribution in [0.3, 0.4) is 0 Å². The molecule has 4 nitrogen and oxygen atoms in total. The van der Waals surface area contributed by atoms with Crippen LogP contribution in [0.4, 0.5) is 0 Å². The summed E-state index contributed by atoms with van der Waals surface area (Å²) in [7, 11) is 0. The first-order valence-electron chi connectivity index (χ1n) is 7.30. The van der Waals surface area contributed by atoms with Crippen molar-refractivity contribution in [3.05, 3.63) is 29.8 Å². The molecular weight excluding hydrogens is 254 g/mol. The van der Waals surface area contributed by atoms with Crippen molar-refractivity contribution >= 4 is 5.91 Å². The molecule has 110 valence electrons. The maximum Gasteiger partial charge on any atom is 0.254 e. The molecule has 1 aromatic rings. The number of piperidine rings is 1. The largest absolute Gasteiger partial charge is 0.491 e. The zero-order valence-electron chi connectivity index (χ0n) is 12.2. The summed E-state index contributed by atoms with van der Waals surface area (Å²) in [5.41, 5.74) is 0.628. The molecule has 0 aliphatic carbocycles. The molecule has 1 atom stereocenters. The molecule has 20 heavy (non-hydrogen) atoms. The summed E-state index contributed by atoms with van der Waals surface area (Å²) in [6, 6.07) is 7.23. The van der Waals surface area contributed by atoms with Crippen molar-refractivity contribution in [3.8, 4) is 5.75 Å². The molecule has 1 N–H and O–H groups in total. The first kappa shape index (κ1) is 14.9. The highest BCUT2D eigenvalue weighted by Gasteiger charge is 2.26. The molecule has 4 heteroatoms. The van der Waals surface area contributed by atoms with Crippen molar-refractivity contribution in [1.82, 2.24) is 4.90 Å². The molecule has 2 rings (SSSR count). The van der Waals surface area contributed by atoms with Gasteiger partial charge in [-0.1, -0.05) is 6.07 Å². The minimum absolute atomic E-state index is 0.0158. The van der Waals surface area contributed by atoms with Gasteiger partial charge in [0.15, 0.2) is 0 Å². The van der Waals surface area contributed by atoms with Gasteiger partial charge in [0.1, 0.15) is 5.75 Å². The highest BCUT2D eigenvalue weighted by atomic mass is 16.5. The lowest BCUT2D eigenvalue weighted by Crippen LogP contribution is -2.45. The van der Waals surface area contributed by atoms with Gasteiger partial charge in [0.25, 0.3) is 5.91 Å². The molecule has 1 heterocycles. The Morgan fingerprint density at radius 3 is 2.95 bits per heavy atom. The molecular formula is C16H23NO3. The maximum atomic E-state index is 12.6. The molecule has 0 spiro atoms. The monoisotopic (exact) mass is 277 g/mol. The molecule has 1 unspecified atom stereocenters. The van der Waals surface area contributed by atoms with E-state index in [0.29, 0.717) is 11.3 Å². The summed E-state index contributed by atoms with van der Waals surface area (Å²) >= 11 is 0. The summed E-state index contributed by atoms with van der Waals surface area (Å²) in [5.74, 6) is 0.696. The Labute approximate surface area is 120 Å². The van der Waals surface area contributed by atoms with Gasteiger partial charge in [0, 0.05) is 12.1 Å². The Morgan fingerprint density at radius 2 is 2.25 bits per heavy atom. The van der Waals surface area contributed by atoms with E-state index in [-0.39, 0.29) is 24.7 Å². The van der Waals surface area contributed by atoms with Crippen LogP contribution in [0, 0.1) is 0 Å². The molecule has 1 saturated heterocycles. The van der Waals surface area contributed by atoms with E-state index in [1.165, 1.54) is 0 Å². The van der Waals surface area contributed by atoms with E-state index in [1.54, 1.807) is 17.0 Å². The zero-order valence-corrected chi connectivity index (χ0v) is 12.2. The number of rotatable bonds is 4. The van der Waals surface area contributed by atoms with E-state index in [1.807, 2.05) is 26.0 Å². The number of ether oxygens (including phenoxy) is 1. The Kier molecular flexibility index (Phi) is 5.01. The van der Waals surface area contributed by atoms with Crippen LogP contribution >= 0.6 is 0 Å². The number of carbonyl (C=O) groups excluding carboxylic acids is 1. The number of aliphatic hydroxyl groups is 1. The molecule has 0 radical (unpaired) electrons. The lowest BCUT2D eigenvalue weighted by atomic mass is 10.0. The fraction of sp³-hybridized carbons (Fsp3) is 0.562. The third kappa shape index (κ3) is 3.51. The maximum absolute atomic E-state index is 12.6. The average molecular weight is 277 g/mol. The summed E-state index contributed by atoms with van der Waals surface area (Å²) in [6.45, 7) is 4.68. The number of benzene rings is 1. The third-order valence-electron chi connectivity index (χ3n) is 3.55. The van der Waals surface area contributed by atoms with Crippen molar-refractivity contribution < 1.29 is 14.6 Å². The molecule has 0 aromatic heterocycles. The Balaban J connectivity index is 2.15. The van der Waals surface area contributed by atoms with Crippen molar-refractivity contribution in [1.29, 1.82) is 0 Å². The summed E-state index contributed by atoms with van der Waals surface area (Å²) in [5, 5.41) is 9.41. The Morgan fingerprint density at radius 1 is 1.45 bits per heavy atom. The van der Waals surface area contributed by atoms with E-state index < -0.39 is 0 Å². The summed E-state index contributed by atoms with van der Waals surface area (Å²) < 4.78 is 5.63. The number of hydrogen-bond donors (Lipinski definition) is 1. The van der Waals surface area contributed by atoms with Crippen molar-refractivity contribution in [3.63, 3.8) is 0 Å². The van der Waals surface area contributed by atoms with Crippen molar-refractivity contribution in [2.45, 2.75) is 45.3 Å². The molecule has 1 aromatic carbocycles. The van der Waals surface area contributed by atoms with Crippen LogP contribution in [0.15, 0.2) is 24.3 Å². The van der Waals surface area contributed by atoms with Gasteiger partial charge in [-0.3, -0.25) is 4.79 Å². The van der Waals surface area contributed by atoms with E-state index in [0.717, 1.165) is 25.8 Å². The average Bonchev–Trinajstić information content (AvgIpc) is 2.46. The Hall–Kier alpha value is -1.55. The van der Waals surface area contributed by atoms with Gasteiger partial charge in [-0.15, -0.1) is 0 Å². The lowest BCUT2D eigenvalue weighted by molar-refractivity contribution is 0.0502. The number of nitrogens with zero attached hydrogens (tertiary/aromatic N) is 1. The summed E-state index contributed by atoms with van der Waals surface area (Å²) in [6.07, 6.45) is 3.04. The van der Waals surface area contributed by atoms with Gasteiger partial charge >= 0.3 is 0 Å². The van der Waals surface area contributed by atoms with Crippen LogP contribution in [0.25, 0.3) is 0 Å². The second kappa shape index (κ2) is 6.75. The smallest absolute Gasteiger partial charge is 0.254 e. The highest BCUT2D eigenvalue weighted by molar-refractivity contribution is 5.94. The van der Waals surface area contributed by atoms with Crippen LogP contribution < -0.4 is 4.74 Å². The van der Waals surface area contributed by atoms with E-state index in [9.17, 15) is 9.90 Å². The topological polar surface area (TPSA) is 49.8 Å². The number of likely N-dealkylation sites (tertiary alicyclic amines) is 1. The fourth-order valence-electron chi connectivity index (χ4n) is 2.60. The van der Waals surface area contributed by atoms with Crippen LogP contribution in [-0.2, 0) is 0 Å². The molecule has 1 aliphatic rings. The molecule has 0 saturated carbocycles. The number of amides is 1. The van der Waals surface area contributed by atoms with Crippen molar-refractivity contribution in [2.24, 2.45) is 0 Å². The predicted octanol–water partition coefficient (Wildman–Crippen LogP) is 2.46. The minimum Gasteiger partial charge on any atom is -0.491 e. The number of aliphatic hydroxyl groups excluding tert-OH is 1.